The second-order valence-corrected chi connectivity index (χ2v) is 7.90. The largest absolute Gasteiger partial charge is 0.395 e. The van der Waals surface area contributed by atoms with E-state index < -0.39 is 0 Å². The van der Waals surface area contributed by atoms with Gasteiger partial charge >= 0.3 is 0 Å². The molecule has 5 heteroatoms. The van der Waals surface area contributed by atoms with Crippen LogP contribution in [0, 0.1) is 13.8 Å². The van der Waals surface area contributed by atoms with Crippen molar-refractivity contribution in [1.82, 2.24) is 4.90 Å². The maximum atomic E-state index is 13.5. The Morgan fingerprint density at radius 2 is 1.70 bits per heavy atom. The van der Waals surface area contributed by atoms with E-state index in [4.69, 9.17) is 0 Å². The third kappa shape index (κ3) is 4.17. The fraction of sp³-hybridized carbons (Fsp3) is 0.360. The van der Waals surface area contributed by atoms with Gasteiger partial charge in [0.2, 0.25) is 0 Å². The molecule has 30 heavy (non-hydrogen) atoms. The number of anilines is 1. The number of likely N-dealkylation sites (N-methyl/N-ethyl adjacent to an activating group) is 1. The number of carbonyl (C=O) groups is 2. The fourth-order valence-corrected chi connectivity index (χ4v) is 3.90. The summed E-state index contributed by atoms with van der Waals surface area (Å²) in [7, 11) is 1.73. The molecule has 0 saturated carbocycles. The maximum absolute atomic E-state index is 13.5. The van der Waals surface area contributed by atoms with E-state index in [-0.39, 0.29) is 25.0 Å². The molecule has 5 nitrogen and oxygen atoms in total. The lowest BCUT2D eigenvalue weighted by molar-refractivity contribution is -0.120. The highest BCUT2D eigenvalue weighted by Crippen LogP contribution is 2.35. The molecule has 0 aliphatic carbocycles. The molecule has 0 aromatic heterocycles. The van der Waals surface area contributed by atoms with Crippen LogP contribution in [0.25, 0.3) is 5.57 Å². The van der Waals surface area contributed by atoms with Gasteiger partial charge in [-0.15, -0.1) is 0 Å². The summed E-state index contributed by atoms with van der Waals surface area (Å²) in [6.07, 6.45) is 3.21. The Morgan fingerprint density at radius 3 is 2.30 bits per heavy atom. The molecule has 0 fully saturated rings. The summed E-state index contributed by atoms with van der Waals surface area (Å²) in [5, 5.41) is 9.41. The SMILES string of the molecule is CCCCc1ccc(N2C(=O)C(c3ccc(C)cc3C)=C(N(C)CCO)C2=O)cc1. The molecule has 0 radical (unpaired) electrons. The van der Waals surface area contributed by atoms with Crippen LogP contribution in [0.5, 0.6) is 0 Å². The van der Waals surface area contributed by atoms with Crippen molar-refractivity contribution in [2.24, 2.45) is 0 Å². The van der Waals surface area contributed by atoms with E-state index in [0.717, 1.165) is 36.0 Å². The van der Waals surface area contributed by atoms with Crippen molar-refractivity contribution in [3.63, 3.8) is 0 Å². The molecular weight excluding hydrogens is 376 g/mol. The first kappa shape index (κ1) is 21.8. The van der Waals surface area contributed by atoms with Crippen LogP contribution in [-0.4, -0.2) is 42.0 Å². The zero-order valence-corrected chi connectivity index (χ0v) is 18.2. The number of hydrogen-bond acceptors (Lipinski definition) is 4. The monoisotopic (exact) mass is 406 g/mol. The highest BCUT2D eigenvalue weighted by atomic mass is 16.3. The molecule has 2 aromatic carbocycles. The van der Waals surface area contributed by atoms with Crippen molar-refractivity contribution in [1.29, 1.82) is 0 Å². The lowest BCUT2D eigenvalue weighted by atomic mass is 9.97. The summed E-state index contributed by atoms with van der Waals surface area (Å²) in [6, 6.07) is 13.5. The van der Waals surface area contributed by atoms with E-state index in [9.17, 15) is 14.7 Å². The minimum absolute atomic E-state index is 0.103. The van der Waals surface area contributed by atoms with Crippen molar-refractivity contribution < 1.29 is 14.7 Å². The molecule has 0 unspecified atom stereocenters. The molecule has 0 bridgehead atoms. The molecule has 0 saturated heterocycles. The summed E-state index contributed by atoms with van der Waals surface area (Å²) in [5.41, 5.74) is 5.27. The van der Waals surface area contributed by atoms with Gasteiger partial charge in [0.1, 0.15) is 5.70 Å². The Morgan fingerprint density at radius 1 is 1.00 bits per heavy atom. The van der Waals surface area contributed by atoms with Crippen LogP contribution in [0.4, 0.5) is 5.69 Å². The summed E-state index contributed by atoms with van der Waals surface area (Å²) >= 11 is 0. The highest BCUT2D eigenvalue weighted by Gasteiger charge is 2.42. The highest BCUT2D eigenvalue weighted by molar-refractivity contribution is 6.45. The average Bonchev–Trinajstić information content (AvgIpc) is 2.97. The number of unbranched alkanes of at least 4 members (excludes halogenated alkanes) is 1. The van der Waals surface area contributed by atoms with Gasteiger partial charge in [0, 0.05) is 13.6 Å². The molecular formula is C25H30N2O3. The molecule has 1 heterocycles. The summed E-state index contributed by atoms with van der Waals surface area (Å²) in [5.74, 6) is -0.680. The van der Waals surface area contributed by atoms with Gasteiger partial charge in [-0.25, -0.2) is 4.90 Å². The van der Waals surface area contributed by atoms with Gasteiger partial charge in [0.15, 0.2) is 0 Å². The van der Waals surface area contributed by atoms with E-state index in [1.54, 1.807) is 11.9 Å². The Balaban J connectivity index is 2.04. The molecule has 1 N–H and O–H groups in total. The number of imide groups is 1. The number of aliphatic hydroxyl groups excluding tert-OH is 1. The predicted octanol–water partition coefficient (Wildman–Crippen LogP) is 3.85. The second-order valence-electron chi connectivity index (χ2n) is 7.90. The number of aryl methyl sites for hydroxylation is 3. The van der Waals surface area contributed by atoms with Crippen LogP contribution < -0.4 is 4.90 Å². The molecule has 2 aromatic rings. The number of nitrogens with zero attached hydrogens (tertiary/aromatic N) is 2. The first-order valence-electron chi connectivity index (χ1n) is 10.5. The second kappa shape index (κ2) is 9.26. The van der Waals surface area contributed by atoms with Gasteiger partial charge in [0.05, 0.1) is 17.9 Å². The maximum Gasteiger partial charge on any atom is 0.282 e. The van der Waals surface area contributed by atoms with E-state index in [0.29, 0.717) is 17.0 Å². The average molecular weight is 407 g/mol. The number of carbonyl (C=O) groups excluding carboxylic acids is 2. The Bertz CT molecular complexity index is 976. The van der Waals surface area contributed by atoms with E-state index in [1.165, 1.54) is 10.5 Å². The lowest BCUT2D eigenvalue weighted by Gasteiger charge is -2.20. The lowest BCUT2D eigenvalue weighted by Crippen LogP contribution is -2.34. The van der Waals surface area contributed by atoms with Gasteiger partial charge in [0.25, 0.3) is 11.8 Å². The minimum atomic E-state index is -0.354. The third-order valence-corrected chi connectivity index (χ3v) is 5.54. The van der Waals surface area contributed by atoms with Crippen LogP contribution in [0.2, 0.25) is 0 Å². The first-order chi connectivity index (χ1) is 14.4. The third-order valence-electron chi connectivity index (χ3n) is 5.54. The van der Waals surface area contributed by atoms with Gasteiger partial charge in [-0.1, -0.05) is 49.2 Å². The minimum Gasteiger partial charge on any atom is -0.395 e. The number of hydrogen-bond donors (Lipinski definition) is 1. The number of rotatable bonds is 8. The van der Waals surface area contributed by atoms with E-state index in [2.05, 4.69) is 6.92 Å². The normalized spacial score (nSPS) is 14.1. The number of benzene rings is 2. The standard InChI is InChI=1S/C25H30N2O3/c1-5-6-7-19-9-11-20(12-10-19)27-24(29)22(21-13-8-17(2)16-18(21)3)23(25(27)30)26(4)14-15-28/h8-13,16,28H,5-7,14-15H2,1-4H3. The van der Waals surface area contributed by atoms with Crippen molar-refractivity contribution in [2.75, 3.05) is 25.1 Å². The predicted molar refractivity (Wildman–Crippen MR) is 120 cm³/mol. The molecule has 3 rings (SSSR count). The molecule has 2 amide bonds. The van der Waals surface area contributed by atoms with Crippen LogP contribution in [0.3, 0.4) is 0 Å². The fourth-order valence-electron chi connectivity index (χ4n) is 3.90. The molecule has 0 atom stereocenters. The van der Waals surface area contributed by atoms with Crippen LogP contribution in [0.1, 0.15) is 42.0 Å². The van der Waals surface area contributed by atoms with Crippen LogP contribution in [0.15, 0.2) is 48.2 Å². The quantitative estimate of drug-likeness (QED) is 0.677. The van der Waals surface area contributed by atoms with E-state index >= 15 is 0 Å². The molecule has 0 spiro atoms. The Kier molecular flexibility index (Phi) is 6.73. The Hall–Kier alpha value is -2.92. The number of amides is 2. The van der Waals surface area contributed by atoms with Gasteiger partial charge in [-0.05, 0) is 55.5 Å². The van der Waals surface area contributed by atoms with Gasteiger partial charge < -0.3 is 10.0 Å². The van der Waals surface area contributed by atoms with Crippen molar-refractivity contribution >= 4 is 23.1 Å². The van der Waals surface area contributed by atoms with Crippen LogP contribution >= 0.6 is 0 Å². The van der Waals surface area contributed by atoms with Crippen molar-refractivity contribution in [3.05, 3.63) is 70.4 Å². The smallest absolute Gasteiger partial charge is 0.282 e. The Labute approximate surface area is 178 Å². The molecule has 1 aliphatic heterocycles. The number of aliphatic hydroxyl groups is 1. The zero-order chi connectivity index (χ0) is 21.8. The summed E-state index contributed by atoms with van der Waals surface area (Å²) in [6.45, 7) is 6.26. The van der Waals surface area contributed by atoms with Crippen LogP contribution in [-0.2, 0) is 16.0 Å². The van der Waals surface area contributed by atoms with Gasteiger partial charge in [-0.2, -0.15) is 0 Å². The molecule has 158 valence electrons. The summed E-state index contributed by atoms with van der Waals surface area (Å²) in [4.78, 5) is 29.8. The molecule has 1 aliphatic rings. The first-order valence-corrected chi connectivity index (χ1v) is 10.5. The van der Waals surface area contributed by atoms with Crippen molar-refractivity contribution in [2.45, 2.75) is 40.0 Å². The topological polar surface area (TPSA) is 60.9 Å². The van der Waals surface area contributed by atoms with Crippen molar-refractivity contribution in [3.8, 4) is 0 Å². The van der Waals surface area contributed by atoms with E-state index in [1.807, 2.05) is 56.3 Å². The zero-order valence-electron chi connectivity index (χ0n) is 18.2. The van der Waals surface area contributed by atoms with Gasteiger partial charge in [-0.3, -0.25) is 9.59 Å². The summed E-state index contributed by atoms with van der Waals surface area (Å²) < 4.78 is 0.